The number of nitrogens with zero attached hydrogens (tertiary/aromatic N) is 3. The highest BCUT2D eigenvalue weighted by Gasteiger charge is 2.44. The normalized spacial score (nSPS) is 14.3. The molecule has 43 heavy (non-hydrogen) atoms. The second kappa shape index (κ2) is 13.5. The summed E-state index contributed by atoms with van der Waals surface area (Å²) in [5.41, 5.74) is 1.48. The number of aromatic nitrogens is 5. The van der Waals surface area contributed by atoms with Crippen LogP contribution in [-0.4, -0.2) is 73.2 Å². The Morgan fingerprint density at radius 1 is 1.12 bits per heavy atom. The number of aromatic amines is 3. The highest BCUT2D eigenvalue weighted by Crippen LogP contribution is 2.27. The van der Waals surface area contributed by atoms with Gasteiger partial charge in [-0.25, -0.2) is 14.5 Å². The zero-order chi connectivity index (χ0) is 32.1. The molecule has 230 valence electrons. The minimum absolute atomic E-state index is 0.277. The Bertz CT molecular complexity index is 1750. The van der Waals surface area contributed by atoms with Crippen molar-refractivity contribution in [3.63, 3.8) is 0 Å². The Hall–Kier alpha value is -4.70. The van der Waals surface area contributed by atoms with Crippen LogP contribution in [0.5, 0.6) is 11.5 Å². The first kappa shape index (κ1) is 32.8. The largest absolute Gasteiger partial charge is 0.609 e. The first-order chi connectivity index (χ1) is 20.2. The highest BCUT2D eigenvalue weighted by atomic mass is 32.2. The molecule has 14 nitrogen and oxygen atoms in total. The van der Waals surface area contributed by atoms with Gasteiger partial charge in [-0.1, -0.05) is 0 Å². The van der Waals surface area contributed by atoms with E-state index in [0.717, 1.165) is 38.5 Å². The molecule has 1 atom stereocenters. The Balaban J connectivity index is 0.000000218. The molecule has 3 aromatic heterocycles. The van der Waals surface area contributed by atoms with Crippen LogP contribution < -0.4 is 20.7 Å². The van der Waals surface area contributed by atoms with Crippen LogP contribution in [0.25, 0.3) is 11.0 Å². The third kappa shape index (κ3) is 7.78. The van der Waals surface area contributed by atoms with E-state index >= 15 is 0 Å². The summed E-state index contributed by atoms with van der Waals surface area (Å²) in [6.45, 7) is 6.99. The number of imidazole rings is 1. The summed E-state index contributed by atoms with van der Waals surface area (Å²) in [7, 11) is 4.63. The number of benzene rings is 1. The third-order valence-electron chi connectivity index (χ3n) is 6.11. The number of amides is 2. The van der Waals surface area contributed by atoms with Crippen LogP contribution in [0, 0.1) is 19.7 Å². The maximum atomic E-state index is 12.7. The van der Waals surface area contributed by atoms with E-state index in [1.165, 1.54) is 7.05 Å². The number of ether oxygens (including phenoxy) is 3. The lowest BCUT2D eigenvalue weighted by atomic mass is 10.1. The van der Waals surface area contributed by atoms with E-state index in [9.17, 15) is 28.1 Å². The fourth-order valence-electron chi connectivity index (χ4n) is 3.82. The zero-order valence-corrected chi connectivity index (χ0v) is 25.3. The monoisotopic (exact) mass is 618 g/mol. The van der Waals surface area contributed by atoms with Gasteiger partial charge in [-0.2, -0.15) is 9.37 Å². The maximum Gasteiger partial charge on any atom is 0.417 e. The smallest absolute Gasteiger partial charge is 0.417 e. The molecule has 0 bridgehead atoms. The molecule has 0 saturated carbocycles. The number of pyridine rings is 1. The van der Waals surface area contributed by atoms with E-state index in [1.54, 1.807) is 39.2 Å². The van der Waals surface area contributed by atoms with Gasteiger partial charge in [0.2, 0.25) is 5.82 Å². The van der Waals surface area contributed by atoms with Gasteiger partial charge in [-0.05, 0) is 39.8 Å². The number of H-pyrrole nitrogens is 3. The molecular formula is C27H31FN6O8S. The molecule has 1 aromatic carbocycles. The molecule has 0 radical (unpaired) electrons. The van der Waals surface area contributed by atoms with Gasteiger partial charge in [0.05, 0.1) is 30.9 Å². The fourth-order valence-corrected chi connectivity index (χ4v) is 4.92. The van der Waals surface area contributed by atoms with E-state index in [2.05, 4.69) is 15.0 Å². The number of carbonyl (C=O) groups excluding carboxylic acids is 2. The maximum absolute atomic E-state index is 12.7. The number of rotatable bonds is 5. The number of fused-ring (bicyclic) bond motifs is 1. The number of aryl methyl sites for hydroxylation is 1. The summed E-state index contributed by atoms with van der Waals surface area (Å²) in [4.78, 5) is 58.6. The van der Waals surface area contributed by atoms with E-state index in [1.807, 2.05) is 37.0 Å². The number of nitrogens with one attached hydrogen (secondary N) is 3. The fraction of sp³-hybridized carbons (Fsp3) is 0.333. The van der Waals surface area contributed by atoms with Crippen molar-refractivity contribution in [3.8, 4) is 11.5 Å². The topological polar surface area (TPSA) is 195 Å². The Labute approximate surface area is 247 Å². The molecule has 4 aromatic rings. The van der Waals surface area contributed by atoms with Crippen LogP contribution in [0.3, 0.4) is 0 Å². The summed E-state index contributed by atoms with van der Waals surface area (Å²) < 4.78 is 40.0. The molecule has 0 spiro atoms. The molecule has 1 fully saturated rings. The summed E-state index contributed by atoms with van der Waals surface area (Å²) in [5, 5.41) is 0.430. The second-order valence-corrected chi connectivity index (χ2v) is 11.0. The first-order valence-corrected chi connectivity index (χ1v) is 13.9. The van der Waals surface area contributed by atoms with Crippen molar-refractivity contribution in [3.05, 3.63) is 74.1 Å². The minimum Gasteiger partial charge on any atom is -0.609 e. The van der Waals surface area contributed by atoms with Crippen molar-refractivity contribution >= 4 is 34.2 Å². The number of hydrogen-bond acceptors (Lipinski definition) is 10. The van der Waals surface area contributed by atoms with Gasteiger partial charge < -0.3 is 23.7 Å². The van der Waals surface area contributed by atoms with Crippen molar-refractivity contribution in [1.29, 1.82) is 0 Å². The predicted molar refractivity (Wildman–Crippen MR) is 154 cm³/mol. The zero-order valence-electron chi connectivity index (χ0n) is 24.5. The number of hydrogen-bond donors (Lipinski definition) is 3. The van der Waals surface area contributed by atoms with E-state index in [-0.39, 0.29) is 11.7 Å². The van der Waals surface area contributed by atoms with Crippen molar-refractivity contribution in [2.45, 2.75) is 44.2 Å². The molecule has 1 aliphatic rings. The van der Waals surface area contributed by atoms with Crippen molar-refractivity contribution in [2.75, 3.05) is 21.3 Å². The van der Waals surface area contributed by atoms with Crippen molar-refractivity contribution < 1.29 is 32.7 Å². The first-order valence-electron chi connectivity index (χ1n) is 12.6. The van der Waals surface area contributed by atoms with Gasteiger partial charge in [0.15, 0.2) is 11.4 Å². The van der Waals surface area contributed by atoms with Crippen LogP contribution >= 0.6 is 0 Å². The molecule has 5 rings (SSSR count). The lowest BCUT2D eigenvalue weighted by molar-refractivity contribution is -0.133. The summed E-state index contributed by atoms with van der Waals surface area (Å²) in [6.07, 6.45) is 1.87. The van der Waals surface area contributed by atoms with Gasteiger partial charge >= 0.3 is 16.9 Å². The minimum atomic E-state index is -1.33. The third-order valence-corrected chi connectivity index (χ3v) is 7.27. The van der Waals surface area contributed by atoms with Gasteiger partial charge in [0.1, 0.15) is 11.5 Å². The van der Waals surface area contributed by atoms with E-state index in [0.29, 0.717) is 17.1 Å². The van der Waals surface area contributed by atoms with Crippen LogP contribution in [0.2, 0.25) is 0 Å². The van der Waals surface area contributed by atoms with Gasteiger partial charge in [0.25, 0.3) is 11.5 Å². The molecule has 2 amide bonds. The van der Waals surface area contributed by atoms with Gasteiger partial charge in [-0.3, -0.25) is 24.5 Å². The number of cyclic esters (lactones) is 1. The number of halogens is 1. The summed E-state index contributed by atoms with van der Waals surface area (Å²) in [6, 6.07) is 5.51. The lowest BCUT2D eigenvalue weighted by Gasteiger charge is -2.13. The molecule has 4 heterocycles. The quantitative estimate of drug-likeness (QED) is 0.280. The van der Waals surface area contributed by atoms with E-state index < -0.39 is 39.9 Å². The lowest BCUT2D eigenvalue weighted by Crippen LogP contribution is -2.33. The molecular weight excluding hydrogens is 587 g/mol. The molecule has 1 unspecified atom stereocenters. The summed E-state index contributed by atoms with van der Waals surface area (Å²) in [5.74, 6) is 0.491. The Kier molecular flexibility index (Phi) is 10.3. The Morgan fingerprint density at radius 2 is 1.81 bits per heavy atom. The van der Waals surface area contributed by atoms with Crippen LogP contribution in [0.15, 0.2) is 45.3 Å². The average molecular weight is 619 g/mol. The molecule has 16 heteroatoms. The number of imide groups is 1. The van der Waals surface area contributed by atoms with Gasteiger partial charge in [-0.15, -0.1) is 0 Å². The Morgan fingerprint density at radius 3 is 2.33 bits per heavy atom. The van der Waals surface area contributed by atoms with Gasteiger partial charge in [0, 0.05) is 47.8 Å². The highest BCUT2D eigenvalue weighted by molar-refractivity contribution is 7.90. The molecule has 0 aliphatic carbocycles. The molecule has 3 N–H and O–H groups in total. The SMILES string of the molecule is CN1C(=O)OC(C)(C)C1=O.COc1ccc2[nH]c([S+]([O-])Cc3ncc(C)c(OC)c3C)nc2c1.O=c1[nH]cc(F)c(=O)[nH]1. The number of likely N-dealkylation sites (N-methyl/N-ethyl adjacent to an activating group) is 1. The van der Waals surface area contributed by atoms with Crippen molar-refractivity contribution in [1.82, 2.24) is 29.8 Å². The molecule has 1 saturated heterocycles. The molecule has 1 aliphatic heterocycles. The standard InChI is InChI=1S/C17H19N3O3S.C6H9NO3.C4H3FN2O2/c1-10-8-18-15(11(2)16(10)23-4)9-24(21)17-19-13-6-5-12(22-3)7-14(13)20-17;1-6(2)4(8)7(3)5(9)10-6;5-2-1-6-4(9)7-3(2)8/h5-8H,9H2,1-4H3,(H,19,20);1-3H3;1H,(H2,6,7,8,9). The van der Waals surface area contributed by atoms with Crippen molar-refractivity contribution in [2.24, 2.45) is 0 Å². The van der Waals surface area contributed by atoms with E-state index in [4.69, 9.17) is 14.2 Å². The van der Waals surface area contributed by atoms with Crippen LogP contribution in [0.4, 0.5) is 9.18 Å². The second-order valence-electron chi connectivity index (χ2n) is 9.62. The number of carbonyl (C=O) groups is 2. The summed E-state index contributed by atoms with van der Waals surface area (Å²) >= 11 is -1.33. The number of methoxy groups -OCH3 is 2. The van der Waals surface area contributed by atoms with Crippen LogP contribution in [0.1, 0.15) is 30.7 Å². The predicted octanol–water partition coefficient (Wildman–Crippen LogP) is 2.48. The van der Waals surface area contributed by atoms with Crippen LogP contribution in [-0.2, 0) is 26.5 Å². The average Bonchev–Trinajstić information content (AvgIpc) is 3.47.